The van der Waals surface area contributed by atoms with Crippen LogP contribution in [0.3, 0.4) is 0 Å². The standard InChI is InChI=1S/C12H13BrN2S2/c13-11-4-3-10(17-11)12-15-9(7-16-12)6-8-2-1-5-14-8/h3-4,7-8,14H,1-2,5-6H2. The minimum atomic E-state index is 0.639. The molecule has 1 aliphatic heterocycles. The van der Waals surface area contributed by atoms with Crippen LogP contribution in [-0.2, 0) is 6.42 Å². The van der Waals surface area contributed by atoms with Gasteiger partial charge in [0.15, 0.2) is 0 Å². The summed E-state index contributed by atoms with van der Waals surface area (Å²) in [4.78, 5) is 5.98. The Hall–Kier alpha value is -0.230. The van der Waals surface area contributed by atoms with Crippen LogP contribution < -0.4 is 5.32 Å². The number of rotatable bonds is 3. The second kappa shape index (κ2) is 5.18. The summed E-state index contributed by atoms with van der Waals surface area (Å²) in [6.45, 7) is 1.17. The number of thiophene rings is 1. The van der Waals surface area contributed by atoms with Crippen molar-refractivity contribution in [3.8, 4) is 9.88 Å². The molecule has 3 rings (SSSR count). The summed E-state index contributed by atoms with van der Waals surface area (Å²) >= 11 is 6.99. The molecule has 1 unspecified atom stereocenters. The molecule has 1 atom stereocenters. The fraction of sp³-hybridized carbons (Fsp3) is 0.417. The predicted octanol–water partition coefficient (Wildman–Crippen LogP) is 3.93. The fourth-order valence-electron chi connectivity index (χ4n) is 2.13. The van der Waals surface area contributed by atoms with E-state index in [9.17, 15) is 0 Å². The van der Waals surface area contributed by atoms with E-state index in [1.807, 2.05) is 0 Å². The molecule has 0 saturated carbocycles. The van der Waals surface area contributed by atoms with Gasteiger partial charge in [0.2, 0.25) is 0 Å². The van der Waals surface area contributed by atoms with Crippen molar-refractivity contribution in [1.82, 2.24) is 10.3 Å². The lowest BCUT2D eigenvalue weighted by atomic mass is 10.1. The Morgan fingerprint density at radius 2 is 2.41 bits per heavy atom. The highest BCUT2D eigenvalue weighted by molar-refractivity contribution is 9.11. The average Bonchev–Trinajstić information content (AvgIpc) is 2.99. The Kier molecular flexibility index (Phi) is 3.61. The highest BCUT2D eigenvalue weighted by atomic mass is 79.9. The second-order valence-corrected chi connectivity index (χ2v) is 7.57. The van der Waals surface area contributed by atoms with Crippen molar-refractivity contribution in [2.75, 3.05) is 6.54 Å². The molecule has 3 heterocycles. The molecule has 2 aromatic rings. The number of hydrogen-bond donors (Lipinski definition) is 1. The van der Waals surface area contributed by atoms with E-state index < -0.39 is 0 Å². The van der Waals surface area contributed by atoms with Crippen LogP contribution in [0.4, 0.5) is 0 Å². The van der Waals surface area contributed by atoms with E-state index in [0.717, 1.165) is 11.4 Å². The lowest BCUT2D eigenvalue weighted by molar-refractivity contribution is 0.597. The summed E-state index contributed by atoms with van der Waals surface area (Å²) in [5.74, 6) is 0. The monoisotopic (exact) mass is 328 g/mol. The van der Waals surface area contributed by atoms with Gasteiger partial charge in [-0.1, -0.05) is 0 Å². The quantitative estimate of drug-likeness (QED) is 0.923. The Balaban J connectivity index is 1.73. The minimum absolute atomic E-state index is 0.639. The first-order valence-corrected chi connectivity index (χ1v) is 8.24. The molecule has 90 valence electrons. The summed E-state index contributed by atoms with van der Waals surface area (Å²) in [5, 5.41) is 6.86. The summed E-state index contributed by atoms with van der Waals surface area (Å²) in [5.41, 5.74) is 1.23. The van der Waals surface area contributed by atoms with Gasteiger partial charge in [-0.2, -0.15) is 0 Å². The first kappa shape index (κ1) is 11.8. The Morgan fingerprint density at radius 1 is 1.47 bits per heavy atom. The molecule has 1 aliphatic rings. The van der Waals surface area contributed by atoms with Crippen molar-refractivity contribution < 1.29 is 0 Å². The molecule has 1 saturated heterocycles. The molecular formula is C12H13BrN2S2. The van der Waals surface area contributed by atoms with Gasteiger partial charge in [-0.15, -0.1) is 22.7 Å². The molecule has 0 radical (unpaired) electrons. The van der Waals surface area contributed by atoms with Crippen molar-refractivity contribution >= 4 is 38.6 Å². The summed E-state index contributed by atoms with van der Waals surface area (Å²) in [6, 6.07) is 4.85. The zero-order valence-corrected chi connectivity index (χ0v) is 12.5. The highest BCUT2D eigenvalue weighted by Crippen LogP contribution is 2.33. The van der Waals surface area contributed by atoms with Gasteiger partial charge < -0.3 is 5.32 Å². The Morgan fingerprint density at radius 3 is 3.12 bits per heavy atom. The van der Waals surface area contributed by atoms with Crippen LogP contribution in [-0.4, -0.2) is 17.6 Å². The summed E-state index contributed by atoms with van der Waals surface area (Å²) < 4.78 is 1.17. The van der Waals surface area contributed by atoms with Crippen LogP contribution >= 0.6 is 38.6 Å². The molecule has 5 heteroatoms. The highest BCUT2D eigenvalue weighted by Gasteiger charge is 2.16. The molecule has 0 bridgehead atoms. The van der Waals surface area contributed by atoms with E-state index in [0.29, 0.717) is 6.04 Å². The van der Waals surface area contributed by atoms with Crippen molar-refractivity contribution in [1.29, 1.82) is 0 Å². The summed E-state index contributed by atoms with van der Waals surface area (Å²) in [7, 11) is 0. The van der Waals surface area contributed by atoms with Crippen molar-refractivity contribution in [3.05, 3.63) is 27.0 Å². The third kappa shape index (κ3) is 2.78. The van der Waals surface area contributed by atoms with Crippen LogP contribution in [0.5, 0.6) is 0 Å². The molecule has 2 aromatic heterocycles. The van der Waals surface area contributed by atoms with Crippen LogP contribution in [0.15, 0.2) is 21.3 Å². The molecule has 1 N–H and O–H groups in total. The van der Waals surface area contributed by atoms with Gasteiger partial charge in [0.05, 0.1) is 14.4 Å². The van der Waals surface area contributed by atoms with Gasteiger partial charge in [-0.25, -0.2) is 4.98 Å². The van der Waals surface area contributed by atoms with E-state index in [2.05, 4.69) is 38.8 Å². The lowest BCUT2D eigenvalue weighted by Crippen LogP contribution is -2.23. The SMILES string of the molecule is Brc1ccc(-c2nc(CC3CCCN3)cs2)s1. The van der Waals surface area contributed by atoms with E-state index in [4.69, 9.17) is 4.98 Å². The maximum atomic E-state index is 4.73. The van der Waals surface area contributed by atoms with Gasteiger partial charge in [-0.3, -0.25) is 0 Å². The number of nitrogens with one attached hydrogen (secondary N) is 1. The zero-order chi connectivity index (χ0) is 11.7. The maximum absolute atomic E-state index is 4.73. The summed E-state index contributed by atoms with van der Waals surface area (Å²) in [6.07, 6.45) is 3.67. The van der Waals surface area contributed by atoms with E-state index in [1.165, 1.54) is 33.7 Å². The molecule has 1 fully saturated rings. The van der Waals surface area contributed by atoms with Crippen molar-refractivity contribution in [3.63, 3.8) is 0 Å². The molecular weight excluding hydrogens is 316 g/mol. The van der Waals surface area contributed by atoms with Crippen LogP contribution in [0, 0.1) is 0 Å². The largest absolute Gasteiger partial charge is 0.314 e. The third-order valence-electron chi connectivity index (χ3n) is 2.95. The molecule has 17 heavy (non-hydrogen) atoms. The van der Waals surface area contributed by atoms with Gasteiger partial charge >= 0.3 is 0 Å². The number of thiazole rings is 1. The molecule has 0 amide bonds. The van der Waals surface area contributed by atoms with Crippen molar-refractivity contribution in [2.24, 2.45) is 0 Å². The third-order valence-corrected chi connectivity index (χ3v) is 5.64. The molecule has 0 aromatic carbocycles. The minimum Gasteiger partial charge on any atom is -0.314 e. The first-order valence-electron chi connectivity index (χ1n) is 5.75. The zero-order valence-electron chi connectivity index (χ0n) is 9.28. The normalized spacial score (nSPS) is 19.9. The Labute approximate surface area is 117 Å². The smallest absolute Gasteiger partial charge is 0.133 e. The maximum Gasteiger partial charge on any atom is 0.133 e. The topological polar surface area (TPSA) is 24.9 Å². The van der Waals surface area contributed by atoms with Crippen molar-refractivity contribution in [2.45, 2.75) is 25.3 Å². The number of aromatic nitrogens is 1. The van der Waals surface area contributed by atoms with E-state index in [-0.39, 0.29) is 0 Å². The van der Waals surface area contributed by atoms with Gasteiger partial charge in [-0.05, 0) is 47.4 Å². The lowest BCUT2D eigenvalue weighted by Gasteiger charge is -2.06. The predicted molar refractivity (Wildman–Crippen MR) is 77.9 cm³/mol. The fourth-order valence-corrected chi connectivity index (χ4v) is 4.42. The number of hydrogen-bond acceptors (Lipinski definition) is 4. The Bertz CT molecular complexity index is 500. The first-order chi connectivity index (χ1) is 8.31. The second-order valence-electron chi connectivity index (χ2n) is 4.25. The molecule has 0 spiro atoms. The van der Waals surface area contributed by atoms with Gasteiger partial charge in [0.1, 0.15) is 5.01 Å². The van der Waals surface area contributed by atoms with E-state index >= 15 is 0 Å². The number of nitrogens with zero attached hydrogens (tertiary/aromatic N) is 1. The average molecular weight is 329 g/mol. The van der Waals surface area contributed by atoms with E-state index in [1.54, 1.807) is 22.7 Å². The molecule has 2 nitrogen and oxygen atoms in total. The van der Waals surface area contributed by atoms with Gasteiger partial charge in [0, 0.05) is 17.8 Å². The molecule has 0 aliphatic carbocycles. The van der Waals surface area contributed by atoms with Crippen LogP contribution in [0.2, 0.25) is 0 Å². The van der Waals surface area contributed by atoms with Crippen LogP contribution in [0.1, 0.15) is 18.5 Å². The number of halogens is 1. The van der Waals surface area contributed by atoms with Gasteiger partial charge in [0.25, 0.3) is 0 Å². The van der Waals surface area contributed by atoms with Crippen LogP contribution in [0.25, 0.3) is 9.88 Å².